The number of aromatic nitrogens is 2. The number of amides is 1. The molecule has 5 nitrogen and oxygen atoms in total. The summed E-state index contributed by atoms with van der Waals surface area (Å²) < 4.78 is 1.61. The van der Waals surface area contributed by atoms with E-state index in [2.05, 4.69) is 4.98 Å². The van der Waals surface area contributed by atoms with E-state index in [4.69, 9.17) is 11.6 Å². The lowest BCUT2D eigenvalue weighted by Gasteiger charge is -2.14. The molecule has 3 rings (SSSR count). The van der Waals surface area contributed by atoms with Crippen LogP contribution in [0, 0.1) is 0 Å². The molecule has 0 radical (unpaired) electrons. The molecule has 7 heteroatoms. The molecule has 134 valence electrons. The van der Waals surface area contributed by atoms with Crippen molar-refractivity contribution in [2.45, 2.75) is 11.7 Å². The van der Waals surface area contributed by atoms with E-state index in [0.717, 1.165) is 5.56 Å². The Kier molecular flexibility index (Phi) is 5.64. The Labute approximate surface area is 160 Å². The molecule has 0 aliphatic heterocycles. The van der Waals surface area contributed by atoms with Crippen molar-refractivity contribution in [1.29, 1.82) is 0 Å². The predicted molar refractivity (Wildman–Crippen MR) is 106 cm³/mol. The van der Waals surface area contributed by atoms with Crippen molar-refractivity contribution < 1.29 is 4.79 Å². The Morgan fingerprint density at radius 1 is 1.19 bits per heavy atom. The van der Waals surface area contributed by atoms with Gasteiger partial charge in [0.05, 0.1) is 23.2 Å². The summed E-state index contributed by atoms with van der Waals surface area (Å²) >= 11 is 7.30. The first-order chi connectivity index (χ1) is 12.5. The van der Waals surface area contributed by atoms with Crippen molar-refractivity contribution in [3.63, 3.8) is 0 Å². The summed E-state index contributed by atoms with van der Waals surface area (Å²) in [7, 11) is 3.40. The van der Waals surface area contributed by atoms with Gasteiger partial charge in [-0.2, -0.15) is 0 Å². The summed E-state index contributed by atoms with van der Waals surface area (Å²) in [6.07, 6.45) is 0. The van der Waals surface area contributed by atoms with E-state index in [1.165, 1.54) is 16.7 Å². The summed E-state index contributed by atoms with van der Waals surface area (Å²) in [5.74, 6) is 0.169. The zero-order valence-corrected chi connectivity index (χ0v) is 16.0. The first kappa shape index (κ1) is 18.5. The number of thioether (sulfide) groups is 1. The average molecular weight is 388 g/mol. The normalized spacial score (nSPS) is 10.9. The summed E-state index contributed by atoms with van der Waals surface area (Å²) in [6, 6.07) is 14.7. The molecule has 0 aliphatic carbocycles. The van der Waals surface area contributed by atoms with Crippen LogP contribution >= 0.6 is 23.4 Å². The van der Waals surface area contributed by atoms with E-state index in [1.807, 2.05) is 30.3 Å². The van der Waals surface area contributed by atoms with E-state index in [9.17, 15) is 9.59 Å². The van der Waals surface area contributed by atoms with Gasteiger partial charge in [0.25, 0.3) is 5.56 Å². The Bertz CT molecular complexity index is 1000. The van der Waals surface area contributed by atoms with Crippen molar-refractivity contribution in [2.24, 2.45) is 0 Å². The number of halogens is 1. The molecule has 1 amide bonds. The van der Waals surface area contributed by atoms with Crippen LogP contribution in [0.15, 0.2) is 58.5 Å². The molecule has 0 bridgehead atoms. The van der Waals surface area contributed by atoms with Gasteiger partial charge in [0.1, 0.15) is 0 Å². The third kappa shape index (κ3) is 4.08. The van der Waals surface area contributed by atoms with Gasteiger partial charge in [-0.1, -0.05) is 53.7 Å². The van der Waals surface area contributed by atoms with E-state index in [0.29, 0.717) is 27.6 Å². The third-order valence-corrected chi connectivity index (χ3v) is 5.09. The fourth-order valence-corrected chi connectivity index (χ4v) is 3.59. The lowest BCUT2D eigenvalue weighted by atomic mass is 10.2. The average Bonchev–Trinajstić information content (AvgIpc) is 2.63. The van der Waals surface area contributed by atoms with Crippen molar-refractivity contribution in [3.05, 3.63) is 69.5 Å². The molecule has 0 spiro atoms. The second-order valence-corrected chi connectivity index (χ2v) is 7.39. The smallest absolute Gasteiger partial charge is 0.262 e. The van der Waals surface area contributed by atoms with Gasteiger partial charge in [-0.05, 0) is 23.8 Å². The molecule has 0 aliphatic rings. The van der Waals surface area contributed by atoms with Crippen molar-refractivity contribution in [1.82, 2.24) is 14.5 Å². The largest absolute Gasteiger partial charge is 0.348 e. The van der Waals surface area contributed by atoms with Gasteiger partial charge in [-0.15, -0.1) is 0 Å². The van der Waals surface area contributed by atoms with Crippen molar-refractivity contribution >= 4 is 40.2 Å². The number of benzene rings is 2. The highest BCUT2D eigenvalue weighted by atomic mass is 35.5. The highest BCUT2D eigenvalue weighted by Gasteiger charge is 2.14. The summed E-state index contributed by atoms with van der Waals surface area (Å²) in [5, 5.41) is 1.53. The maximum absolute atomic E-state index is 13.0. The zero-order chi connectivity index (χ0) is 18.7. The van der Waals surface area contributed by atoms with Gasteiger partial charge >= 0.3 is 0 Å². The van der Waals surface area contributed by atoms with Gasteiger partial charge in [0.15, 0.2) is 5.16 Å². The minimum Gasteiger partial charge on any atom is -0.348 e. The maximum Gasteiger partial charge on any atom is 0.262 e. The lowest BCUT2D eigenvalue weighted by molar-refractivity contribution is -0.125. The lowest BCUT2D eigenvalue weighted by Crippen LogP contribution is -2.26. The highest BCUT2D eigenvalue weighted by Crippen LogP contribution is 2.21. The van der Waals surface area contributed by atoms with Crippen LogP contribution in [0.1, 0.15) is 5.56 Å². The summed E-state index contributed by atoms with van der Waals surface area (Å²) in [4.78, 5) is 31.1. The summed E-state index contributed by atoms with van der Waals surface area (Å²) in [6.45, 7) is 0.393. The highest BCUT2D eigenvalue weighted by molar-refractivity contribution is 7.99. The van der Waals surface area contributed by atoms with Crippen LogP contribution in [0.5, 0.6) is 0 Å². The molecule has 3 aromatic rings. The number of carbonyl (C=O) groups excluding carboxylic acids is 1. The monoisotopic (exact) mass is 387 g/mol. The second kappa shape index (κ2) is 7.93. The van der Waals surface area contributed by atoms with Gasteiger partial charge in [0, 0.05) is 19.1 Å². The van der Waals surface area contributed by atoms with Gasteiger partial charge in [-0.3, -0.25) is 14.2 Å². The molecule has 1 aromatic heterocycles. The number of rotatable bonds is 5. The Morgan fingerprint density at radius 3 is 2.62 bits per heavy atom. The third-order valence-electron chi connectivity index (χ3n) is 3.89. The Morgan fingerprint density at radius 2 is 1.92 bits per heavy atom. The predicted octanol–water partition coefficient (Wildman–Crippen LogP) is 3.28. The molecule has 26 heavy (non-hydrogen) atoms. The van der Waals surface area contributed by atoms with Crippen LogP contribution in [0.4, 0.5) is 0 Å². The van der Waals surface area contributed by atoms with Gasteiger partial charge < -0.3 is 4.90 Å². The minimum absolute atomic E-state index is 0.0401. The van der Waals surface area contributed by atoms with Crippen LogP contribution in [0.2, 0.25) is 5.02 Å². The van der Waals surface area contributed by atoms with Crippen molar-refractivity contribution in [3.8, 4) is 0 Å². The number of carbonyl (C=O) groups is 1. The molecule has 0 saturated carbocycles. The van der Waals surface area contributed by atoms with E-state index < -0.39 is 0 Å². The molecular formula is C19H18ClN3O2S. The number of nitrogens with zero attached hydrogens (tertiary/aromatic N) is 3. The van der Waals surface area contributed by atoms with Crippen molar-refractivity contribution in [2.75, 3.05) is 19.8 Å². The fraction of sp³-hybridized carbons (Fsp3) is 0.211. The molecule has 0 saturated heterocycles. The van der Waals surface area contributed by atoms with Crippen LogP contribution in [0.3, 0.4) is 0 Å². The molecule has 2 aromatic carbocycles. The summed E-state index contributed by atoms with van der Waals surface area (Å²) in [5.41, 5.74) is 1.38. The maximum atomic E-state index is 13.0. The van der Waals surface area contributed by atoms with Crippen LogP contribution in [0.25, 0.3) is 10.9 Å². The molecular weight excluding hydrogens is 370 g/mol. The van der Waals surface area contributed by atoms with E-state index >= 15 is 0 Å². The second-order valence-electron chi connectivity index (χ2n) is 6.01. The number of fused-ring (bicyclic) bond motifs is 1. The quantitative estimate of drug-likeness (QED) is 0.498. The van der Waals surface area contributed by atoms with Crippen LogP contribution < -0.4 is 5.56 Å². The van der Waals surface area contributed by atoms with Gasteiger partial charge in [0.2, 0.25) is 5.91 Å². The molecule has 1 heterocycles. The molecule has 0 atom stereocenters. The Hall–Kier alpha value is -2.31. The standard InChI is InChI=1S/C19H18ClN3O2S/c1-22(2)17(24)12-26-19-21-16-10-14(20)8-9-15(16)18(25)23(19)11-13-6-4-3-5-7-13/h3-10H,11-12H2,1-2H3. The first-order valence-corrected chi connectivity index (χ1v) is 9.39. The minimum atomic E-state index is -0.143. The number of hydrogen-bond donors (Lipinski definition) is 0. The van der Waals surface area contributed by atoms with Gasteiger partial charge in [-0.25, -0.2) is 4.98 Å². The van der Waals surface area contributed by atoms with Crippen LogP contribution in [-0.4, -0.2) is 40.2 Å². The van der Waals surface area contributed by atoms with E-state index in [-0.39, 0.29) is 17.2 Å². The van der Waals surface area contributed by atoms with E-state index in [1.54, 1.807) is 36.9 Å². The van der Waals surface area contributed by atoms with Crippen LogP contribution in [-0.2, 0) is 11.3 Å². The zero-order valence-electron chi connectivity index (χ0n) is 14.5. The molecule has 0 N–H and O–H groups in total. The first-order valence-electron chi connectivity index (χ1n) is 8.02. The Balaban J connectivity index is 2.07. The SMILES string of the molecule is CN(C)C(=O)CSc1nc2cc(Cl)ccc2c(=O)n1Cc1ccccc1. The topological polar surface area (TPSA) is 55.2 Å². The molecule has 0 fully saturated rings. The number of hydrogen-bond acceptors (Lipinski definition) is 4. The molecule has 0 unspecified atom stereocenters. The fourth-order valence-electron chi connectivity index (χ4n) is 2.44.